The van der Waals surface area contributed by atoms with Gasteiger partial charge in [0.25, 0.3) is 0 Å². The molecular formula is C15H18F3N3O2. The third-order valence-corrected chi connectivity index (χ3v) is 3.85. The Morgan fingerprint density at radius 1 is 1.22 bits per heavy atom. The highest BCUT2D eigenvalue weighted by atomic mass is 19.4. The van der Waals surface area contributed by atoms with Crippen LogP contribution >= 0.6 is 0 Å². The summed E-state index contributed by atoms with van der Waals surface area (Å²) in [7, 11) is 0. The molecule has 1 fully saturated rings. The highest BCUT2D eigenvalue weighted by Crippen LogP contribution is 2.34. The molecule has 1 unspecified atom stereocenters. The van der Waals surface area contributed by atoms with Gasteiger partial charge >= 0.3 is 6.18 Å². The van der Waals surface area contributed by atoms with Crippen LogP contribution in [0.2, 0.25) is 0 Å². The van der Waals surface area contributed by atoms with Gasteiger partial charge in [-0.3, -0.25) is 9.59 Å². The van der Waals surface area contributed by atoms with E-state index in [1.807, 2.05) is 0 Å². The van der Waals surface area contributed by atoms with E-state index in [-0.39, 0.29) is 29.1 Å². The number of alkyl halides is 3. The standard InChI is InChI=1S/C15H18F3N3O2/c1-8(10-6-19-7-10)14(23)21-13-5-11(15(16,17)18)3-4-12(13)20-9(2)22/h3-5,8,10,19H,6-7H2,1-2H3,(H,20,22)(H,21,23). The average Bonchev–Trinajstić information content (AvgIpc) is 2.36. The minimum absolute atomic E-state index is 0.0563. The van der Waals surface area contributed by atoms with Gasteiger partial charge in [0.05, 0.1) is 16.9 Å². The molecule has 0 spiro atoms. The van der Waals surface area contributed by atoms with Crippen LogP contribution in [0.4, 0.5) is 24.5 Å². The zero-order chi connectivity index (χ0) is 17.2. The van der Waals surface area contributed by atoms with E-state index in [0.717, 1.165) is 18.2 Å². The smallest absolute Gasteiger partial charge is 0.325 e. The van der Waals surface area contributed by atoms with Crippen LogP contribution in [0.25, 0.3) is 0 Å². The molecule has 0 bridgehead atoms. The van der Waals surface area contributed by atoms with E-state index in [2.05, 4.69) is 16.0 Å². The lowest BCUT2D eigenvalue weighted by molar-refractivity contribution is -0.137. The first kappa shape index (κ1) is 17.3. The third kappa shape index (κ3) is 4.22. The number of benzene rings is 1. The van der Waals surface area contributed by atoms with Crippen molar-refractivity contribution in [2.45, 2.75) is 20.0 Å². The van der Waals surface area contributed by atoms with Crippen LogP contribution < -0.4 is 16.0 Å². The zero-order valence-electron chi connectivity index (χ0n) is 12.8. The maximum Gasteiger partial charge on any atom is 0.416 e. The van der Waals surface area contributed by atoms with Crippen molar-refractivity contribution in [2.24, 2.45) is 11.8 Å². The number of halogens is 3. The van der Waals surface area contributed by atoms with Crippen molar-refractivity contribution in [2.75, 3.05) is 23.7 Å². The van der Waals surface area contributed by atoms with Crippen LogP contribution in [0.15, 0.2) is 18.2 Å². The average molecular weight is 329 g/mol. The summed E-state index contributed by atoms with van der Waals surface area (Å²) in [5, 5.41) is 7.96. The van der Waals surface area contributed by atoms with Crippen molar-refractivity contribution in [1.82, 2.24) is 5.32 Å². The molecule has 1 aromatic carbocycles. The van der Waals surface area contributed by atoms with Crippen LogP contribution in [0.1, 0.15) is 19.4 Å². The lowest BCUT2D eigenvalue weighted by Crippen LogP contribution is -2.48. The SMILES string of the molecule is CC(=O)Nc1ccc(C(F)(F)F)cc1NC(=O)C(C)C1CNC1. The van der Waals surface area contributed by atoms with Crippen molar-refractivity contribution in [3.05, 3.63) is 23.8 Å². The van der Waals surface area contributed by atoms with E-state index in [4.69, 9.17) is 0 Å². The molecule has 1 aliphatic heterocycles. The molecule has 0 aromatic heterocycles. The van der Waals surface area contributed by atoms with Gasteiger partial charge in [-0.15, -0.1) is 0 Å². The topological polar surface area (TPSA) is 70.2 Å². The number of rotatable bonds is 4. The fourth-order valence-electron chi connectivity index (χ4n) is 2.25. The van der Waals surface area contributed by atoms with Crippen molar-refractivity contribution in [1.29, 1.82) is 0 Å². The molecule has 1 aromatic rings. The number of anilines is 2. The van der Waals surface area contributed by atoms with Crippen molar-refractivity contribution < 1.29 is 22.8 Å². The van der Waals surface area contributed by atoms with Crippen molar-refractivity contribution >= 4 is 23.2 Å². The predicted molar refractivity (Wildman–Crippen MR) is 79.9 cm³/mol. The largest absolute Gasteiger partial charge is 0.416 e. The van der Waals surface area contributed by atoms with E-state index >= 15 is 0 Å². The summed E-state index contributed by atoms with van der Waals surface area (Å²) in [4.78, 5) is 23.4. The highest BCUT2D eigenvalue weighted by molar-refractivity contribution is 5.99. The van der Waals surface area contributed by atoms with Gasteiger partial charge < -0.3 is 16.0 Å². The molecule has 1 saturated heterocycles. The van der Waals surface area contributed by atoms with Crippen molar-refractivity contribution in [3.8, 4) is 0 Å². The molecule has 0 aliphatic carbocycles. The summed E-state index contributed by atoms with van der Waals surface area (Å²) < 4.78 is 38.5. The third-order valence-electron chi connectivity index (χ3n) is 3.85. The van der Waals surface area contributed by atoms with E-state index in [0.29, 0.717) is 13.1 Å². The van der Waals surface area contributed by atoms with Gasteiger partial charge in [-0.1, -0.05) is 6.92 Å². The first-order valence-corrected chi connectivity index (χ1v) is 7.19. The van der Waals surface area contributed by atoms with Crippen LogP contribution in [0.5, 0.6) is 0 Å². The second kappa shape index (κ2) is 6.57. The van der Waals surface area contributed by atoms with Gasteiger partial charge in [-0.2, -0.15) is 13.2 Å². The first-order chi connectivity index (χ1) is 10.7. The van der Waals surface area contributed by atoms with Gasteiger partial charge in [-0.25, -0.2) is 0 Å². The van der Waals surface area contributed by atoms with Crippen LogP contribution in [0, 0.1) is 11.8 Å². The number of carbonyl (C=O) groups excluding carboxylic acids is 2. The Morgan fingerprint density at radius 3 is 2.35 bits per heavy atom. The number of carbonyl (C=O) groups is 2. The molecule has 5 nitrogen and oxygen atoms in total. The molecule has 0 radical (unpaired) electrons. The minimum atomic E-state index is -4.53. The molecule has 8 heteroatoms. The Labute approximate surface area is 131 Å². The molecule has 0 saturated carbocycles. The summed E-state index contributed by atoms with van der Waals surface area (Å²) >= 11 is 0. The lowest BCUT2D eigenvalue weighted by atomic mass is 9.88. The zero-order valence-corrected chi connectivity index (χ0v) is 12.8. The normalized spacial score (nSPS) is 16.4. The van der Waals surface area contributed by atoms with Crippen molar-refractivity contribution in [3.63, 3.8) is 0 Å². The van der Waals surface area contributed by atoms with E-state index < -0.39 is 17.6 Å². The maximum atomic E-state index is 12.8. The van der Waals surface area contributed by atoms with Gasteiger partial charge in [0.2, 0.25) is 11.8 Å². The molecule has 1 heterocycles. The second-order valence-electron chi connectivity index (χ2n) is 5.64. The maximum absolute atomic E-state index is 12.8. The Morgan fingerprint density at radius 2 is 1.87 bits per heavy atom. The molecule has 23 heavy (non-hydrogen) atoms. The second-order valence-corrected chi connectivity index (χ2v) is 5.64. The number of amides is 2. The molecule has 126 valence electrons. The Kier molecular flexibility index (Phi) is 4.93. The first-order valence-electron chi connectivity index (χ1n) is 7.19. The van der Waals surface area contributed by atoms with E-state index in [9.17, 15) is 22.8 Å². The van der Waals surface area contributed by atoms with Gasteiger partial charge in [-0.05, 0) is 37.2 Å². The summed E-state index contributed by atoms with van der Waals surface area (Å²) in [5.74, 6) is -0.986. The fraction of sp³-hybridized carbons (Fsp3) is 0.467. The van der Waals surface area contributed by atoms with Gasteiger partial charge in [0.15, 0.2) is 0 Å². The summed E-state index contributed by atoms with van der Waals surface area (Å²) in [6.07, 6.45) is -4.53. The molecule has 1 aliphatic rings. The highest BCUT2D eigenvalue weighted by Gasteiger charge is 2.32. The Hall–Kier alpha value is -2.09. The summed E-state index contributed by atoms with van der Waals surface area (Å²) in [5.41, 5.74) is -0.809. The summed E-state index contributed by atoms with van der Waals surface area (Å²) in [6, 6.07) is 2.82. The minimum Gasteiger partial charge on any atom is -0.325 e. The Bertz CT molecular complexity index is 612. The lowest BCUT2D eigenvalue weighted by Gasteiger charge is -2.31. The van der Waals surface area contributed by atoms with E-state index in [1.54, 1.807) is 6.92 Å². The quantitative estimate of drug-likeness (QED) is 0.795. The number of hydrogen-bond donors (Lipinski definition) is 3. The number of nitrogens with one attached hydrogen (secondary N) is 3. The molecule has 2 rings (SSSR count). The van der Waals surface area contributed by atoms with Gasteiger partial charge in [0, 0.05) is 12.8 Å². The molecule has 2 amide bonds. The Balaban J connectivity index is 2.25. The van der Waals surface area contributed by atoms with Gasteiger partial charge in [0.1, 0.15) is 0 Å². The summed E-state index contributed by atoms with van der Waals surface area (Å²) in [6.45, 7) is 4.38. The monoisotopic (exact) mass is 329 g/mol. The van der Waals surface area contributed by atoms with Crippen LogP contribution in [-0.4, -0.2) is 24.9 Å². The molecule has 1 atom stereocenters. The molecule has 3 N–H and O–H groups in total. The predicted octanol–water partition coefficient (Wildman–Crippen LogP) is 2.46. The van der Waals surface area contributed by atoms with E-state index in [1.165, 1.54) is 6.92 Å². The number of hydrogen-bond acceptors (Lipinski definition) is 3. The molecular weight excluding hydrogens is 311 g/mol. The van der Waals surface area contributed by atoms with Crippen LogP contribution in [0.3, 0.4) is 0 Å². The fourth-order valence-corrected chi connectivity index (χ4v) is 2.25. The van der Waals surface area contributed by atoms with Crippen LogP contribution in [-0.2, 0) is 15.8 Å².